The van der Waals surface area contributed by atoms with Gasteiger partial charge in [0.05, 0.1) is 17.9 Å². The molecule has 0 aromatic carbocycles. The SMILES string of the molecule is C[C@@H]1Cc2c(C(=O)N3CCN(C4CCCC4)CC3)n[nH]c2[C@H](C)O1. The van der Waals surface area contributed by atoms with Gasteiger partial charge in [-0.3, -0.25) is 14.8 Å². The van der Waals surface area contributed by atoms with Crippen molar-refractivity contribution < 1.29 is 9.53 Å². The predicted molar refractivity (Wildman–Crippen MR) is 91.0 cm³/mol. The normalized spacial score (nSPS) is 29.0. The quantitative estimate of drug-likeness (QED) is 0.901. The number of carbonyl (C=O) groups is 1. The second kappa shape index (κ2) is 6.48. The standard InChI is InChI=1S/C18H28N4O2/c1-12-11-15-16(13(2)24-12)19-20-17(15)18(23)22-9-7-21(8-10-22)14-5-3-4-6-14/h12-14H,3-11H2,1-2H3,(H,19,20)/t12-,13+/m1/s1. The molecule has 1 N–H and O–H groups in total. The van der Waals surface area contributed by atoms with E-state index in [0.29, 0.717) is 5.69 Å². The number of nitrogens with one attached hydrogen (secondary N) is 1. The molecular formula is C18H28N4O2. The maximum atomic E-state index is 13.0. The second-order valence-electron chi connectivity index (χ2n) is 7.52. The van der Waals surface area contributed by atoms with Gasteiger partial charge < -0.3 is 9.64 Å². The first-order valence-electron chi connectivity index (χ1n) is 9.39. The van der Waals surface area contributed by atoms with E-state index in [0.717, 1.165) is 49.9 Å². The average Bonchev–Trinajstić information content (AvgIpc) is 3.24. The molecule has 0 radical (unpaired) electrons. The zero-order chi connectivity index (χ0) is 16.7. The summed E-state index contributed by atoms with van der Waals surface area (Å²) in [6, 6.07) is 0.749. The number of ether oxygens (including phenoxy) is 1. The molecule has 1 saturated carbocycles. The summed E-state index contributed by atoms with van der Waals surface area (Å²) in [7, 11) is 0. The van der Waals surface area contributed by atoms with Gasteiger partial charge in [0.25, 0.3) is 5.91 Å². The topological polar surface area (TPSA) is 61.5 Å². The van der Waals surface area contributed by atoms with Crippen LogP contribution in [0.5, 0.6) is 0 Å². The van der Waals surface area contributed by atoms with Crippen molar-refractivity contribution in [2.24, 2.45) is 0 Å². The van der Waals surface area contributed by atoms with Crippen LogP contribution >= 0.6 is 0 Å². The molecule has 0 unspecified atom stereocenters. The number of H-pyrrole nitrogens is 1. The first-order chi connectivity index (χ1) is 11.6. The zero-order valence-corrected chi connectivity index (χ0v) is 14.8. The molecule has 1 saturated heterocycles. The first-order valence-corrected chi connectivity index (χ1v) is 9.39. The fourth-order valence-electron chi connectivity index (χ4n) is 4.56. The summed E-state index contributed by atoms with van der Waals surface area (Å²) in [6.45, 7) is 7.71. The van der Waals surface area contributed by atoms with Crippen LogP contribution in [0.15, 0.2) is 0 Å². The van der Waals surface area contributed by atoms with E-state index in [1.165, 1.54) is 25.7 Å². The number of rotatable bonds is 2. The van der Waals surface area contributed by atoms with E-state index in [1.807, 2.05) is 11.8 Å². The summed E-state index contributed by atoms with van der Waals surface area (Å²) in [4.78, 5) is 17.5. The van der Waals surface area contributed by atoms with Crippen molar-refractivity contribution in [3.8, 4) is 0 Å². The van der Waals surface area contributed by atoms with Crippen molar-refractivity contribution in [2.75, 3.05) is 26.2 Å². The largest absolute Gasteiger partial charge is 0.369 e. The third-order valence-corrected chi connectivity index (χ3v) is 5.88. The summed E-state index contributed by atoms with van der Waals surface area (Å²) in [6.07, 6.45) is 6.27. The Kier molecular flexibility index (Phi) is 4.35. The van der Waals surface area contributed by atoms with E-state index < -0.39 is 0 Å². The van der Waals surface area contributed by atoms with E-state index in [-0.39, 0.29) is 18.1 Å². The van der Waals surface area contributed by atoms with Crippen LogP contribution in [-0.2, 0) is 11.2 Å². The summed E-state index contributed by atoms with van der Waals surface area (Å²) in [5.41, 5.74) is 2.65. The molecule has 3 heterocycles. The van der Waals surface area contributed by atoms with Crippen molar-refractivity contribution in [3.05, 3.63) is 17.0 Å². The minimum absolute atomic E-state index is 0.0167. The van der Waals surface area contributed by atoms with Gasteiger partial charge in [-0.1, -0.05) is 12.8 Å². The van der Waals surface area contributed by atoms with Crippen molar-refractivity contribution in [2.45, 2.75) is 64.2 Å². The number of nitrogens with zero attached hydrogens (tertiary/aromatic N) is 3. The van der Waals surface area contributed by atoms with Crippen LogP contribution in [0.3, 0.4) is 0 Å². The number of aromatic nitrogens is 2. The predicted octanol–water partition coefficient (Wildman–Crippen LogP) is 2.13. The Labute approximate surface area is 143 Å². The van der Waals surface area contributed by atoms with E-state index in [1.54, 1.807) is 0 Å². The van der Waals surface area contributed by atoms with Gasteiger partial charge >= 0.3 is 0 Å². The van der Waals surface area contributed by atoms with Crippen LogP contribution < -0.4 is 0 Å². The molecule has 1 aromatic heterocycles. The maximum absolute atomic E-state index is 13.0. The molecule has 2 aliphatic heterocycles. The summed E-state index contributed by atoms with van der Waals surface area (Å²) < 4.78 is 5.82. The van der Waals surface area contributed by atoms with Gasteiger partial charge in [-0.05, 0) is 26.7 Å². The lowest BCUT2D eigenvalue weighted by atomic mass is 9.99. The van der Waals surface area contributed by atoms with Crippen LogP contribution in [0.1, 0.15) is 67.4 Å². The van der Waals surface area contributed by atoms with Crippen molar-refractivity contribution in [1.29, 1.82) is 0 Å². The number of amides is 1. The molecule has 1 amide bonds. The molecule has 0 bridgehead atoms. The molecule has 1 aliphatic carbocycles. The smallest absolute Gasteiger partial charge is 0.274 e. The molecule has 24 heavy (non-hydrogen) atoms. The Bertz CT molecular complexity index is 600. The van der Waals surface area contributed by atoms with Crippen molar-refractivity contribution >= 4 is 5.91 Å². The number of carbonyl (C=O) groups excluding carboxylic acids is 1. The highest BCUT2D eigenvalue weighted by Gasteiger charge is 2.33. The lowest BCUT2D eigenvalue weighted by molar-refractivity contribution is -0.00705. The monoisotopic (exact) mass is 332 g/mol. The van der Waals surface area contributed by atoms with Gasteiger partial charge in [-0.25, -0.2) is 0 Å². The van der Waals surface area contributed by atoms with Crippen molar-refractivity contribution in [1.82, 2.24) is 20.0 Å². The Balaban J connectivity index is 1.44. The minimum atomic E-state index is -0.0167. The second-order valence-corrected chi connectivity index (χ2v) is 7.52. The first kappa shape index (κ1) is 16.1. The molecule has 3 aliphatic rings. The fraction of sp³-hybridized carbons (Fsp3) is 0.778. The molecule has 132 valence electrons. The van der Waals surface area contributed by atoms with Crippen molar-refractivity contribution in [3.63, 3.8) is 0 Å². The van der Waals surface area contributed by atoms with E-state index in [2.05, 4.69) is 22.0 Å². The van der Waals surface area contributed by atoms with Gasteiger partial charge in [-0.15, -0.1) is 0 Å². The number of piperazine rings is 1. The Hall–Kier alpha value is -1.40. The van der Waals surface area contributed by atoms with Gasteiger partial charge in [0, 0.05) is 44.2 Å². The molecule has 0 spiro atoms. The van der Waals surface area contributed by atoms with E-state index in [4.69, 9.17) is 4.74 Å². The molecule has 4 rings (SSSR count). The lowest BCUT2D eigenvalue weighted by Gasteiger charge is -2.38. The average molecular weight is 332 g/mol. The van der Waals surface area contributed by atoms with Crippen LogP contribution in [0.2, 0.25) is 0 Å². The third-order valence-electron chi connectivity index (χ3n) is 5.88. The highest BCUT2D eigenvalue weighted by molar-refractivity contribution is 5.94. The Morgan fingerprint density at radius 1 is 1.17 bits per heavy atom. The van der Waals surface area contributed by atoms with Gasteiger partial charge in [0.2, 0.25) is 0 Å². The highest BCUT2D eigenvalue weighted by Crippen LogP contribution is 2.31. The molecule has 6 heteroatoms. The highest BCUT2D eigenvalue weighted by atomic mass is 16.5. The number of hydrogen-bond donors (Lipinski definition) is 1. The van der Waals surface area contributed by atoms with Crippen LogP contribution in [0.4, 0.5) is 0 Å². The maximum Gasteiger partial charge on any atom is 0.274 e. The summed E-state index contributed by atoms with van der Waals surface area (Å²) >= 11 is 0. The van der Waals surface area contributed by atoms with Crippen LogP contribution in [-0.4, -0.2) is 64.2 Å². The van der Waals surface area contributed by atoms with Gasteiger partial charge in [0.1, 0.15) is 0 Å². The Morgan fingerprint density at radius 3 is 2.58 bits per heavy atom. The lowest BCUT2D eigenvalue weighted by Crippen LogP contribution is -2.51. The van der Waals surface area contributed by atoms with Crippen LogP contribution in [0.25, 0.3) is 0 Å². The summed E-state index contributed by atoms with van der Waals surface area (Å²) in [5.74, 6) is 0.0832. The molecular weight excluding hydrogens is 304 g/mol. The summed E-state index contributed by atoms with van der Waals surface area (Å²) in [5, 5.41) is 7.38. The molecule has 1 aromatic rings. The van der Waals surface area contributed by atoms with E-state index >= 15 is 0 Å². The molecule has 2 atom stereocenters. The number of hydrogen-bond acceptors (Lipinski definition) is 4. The number of fused-ring (bicyclic) bond motifs is 1. The molecule has 6 nitrogen and oxygen atoms in total. The minimum Gasteiger partial charge on any atom is -0.369 e. The van der Waals surface area contributed by atoms with E-state index in [9.17, 15) is 4.79 Å². The number of aromatic amines is 1. The Morgan fingerprint density at radius 2 is 1.88 bits per heavy atom. The zero-order valence-electron chi connectivity index (χ0n) is 14.8. The molecule has 2 fully saturated rings. The van der Waals surface area contributed by atoms with Gasteiger partial charge in [0.15, 0.2) is 5.69 Å². The fourth-order valence-corrected chi connectivity index (χ4v) is 4.56. The van der Waals surface area contributed by atoms with Gasteiger partial charge in [-0.2, -0.15) is 5.10 Å². The third kappa shape index (κ3) is 2.86. The van der Waals surface area contributed by atoms with Crippen LogP contribution in [0, 0.1) is 0 Å².